The molecule has 1 N–H and O–H groups in total. The summed E-state index contributed by atoms with van der Waals surface area (Å²) in [6.45, 7) is 7.02. The molecule has 1 heterocycles. The molecule has 0 aromatic carbocycles. The maximum absolute atomic E-state index is 11.5. The normalized spacial score (nSPS) is 31.5. The average molecular weight is 216 g/mol. The van der Waals surface area contributed by atoms with Crippen LogP contribution in [0.4, 0.5) is 0 Å². The molecule has 0 radical (unpaired) electrons. The Morgan fingerprint density at radius 3 is 2.40 bits per heavy atom. The molecule has 1 saturated heterocycles. The molecule has 1 aliphatic rings. The van der Waals surface area contributed by atoms with Gasteiger partial charge in [-0.3, -0.25) is 4.79 Å². The third-order valence-corrected chi connectivity index (χ3v) is 2.21. The number of carbonyl (C=O) groups is 2. The Morgan fingerprint density at radius 1 is 1.53 bits per heavy atom. The van der Waals surface area contributed by atoms with Crippen molar-refractivity contribution < 1.29 is 24.2 Å². The number of hydrogen-bond acceptors (Lipinski definition) is 4. The summed E-state index contributed by atoms with van der Waals surface area (Å²) in [6.07, 6.45) is -1.06. The van der Waals surface area contributed by atoms with Gasteiger partial charge in [0.05, 0.1) is 6.42 Å². The van der Waals surface area contributed by atoms with Crippen LogP contribution < -0.4 is 0 Å². The molecule has 2 atom stereocenters. The van der Waals surface area contributed by atoms with Crippen molar-refractivity contribution in [3.05, 3.63) is 0 Å². The third-order valence-electron chi connectivity index (χ3n) is 2.21. The summed E-state index contributed by atoms with van der Waals surface area (Å²) in [4.78, 5) is 22.1. The van der Waals surface area contributed by atoms with Crippen LogP contribution in [0, 0.1) is 5.41 Å². The van der Waals surface area contributed by atoms with E-state index in [2.05, 4.69) is 0 Å². The van der Waals surface area contributed by atoms with Gasteiger partial charge in [0.1, 0.15) is 0 Å². The Labute approximate surface area is 88.4 Å². The van der Waals surface area contributed by atoms with Crippen molar-refractivity contribution >= 4 is 11.9 Å². The van der Waals surface area contributed by atoms with E-state index in [-0.39, 0.29) is 11.8 Å². The lowest BCUT2D eigenvalue weighted by Crippen LogP contribution is -2.36. The quantitative estimate of drug-likeness (QED) is 0.701. The van der Waals surface area contributed by atoms with Crippen LogP contribution in [0.3, 0.4) is 0 Å². The number of cyclic esters (lactones) is 1. The van der Waals surface area contributed by atoms with Gasteiger partial charge in [0.15, 0.2) is 5.60 Å². The largest absolute Gasteiger partial charge is 0.481 e. The second-order valence-corrected chi connectivity index (χ2v) is 5.02. The van der Waals surface area contributed by atoms with E-state index in [0.717, 1.165) is 0 Å². The van der Waals surface area contributed by atoms with Crippen LogP contribution in [0.5, 0.6) is 0 Å². The van der Waals surface area contributed by atoms with Gasteiger partial charge in [0.25, 0.3) is 0 Å². The summed E-state index contributed by atoms with van der Waals surface area (Å²) in [5.74, 6) is -1.69. The molecule has 1 aliphatic heterocycles. The molecule has 0 amide bonds. The van der Waals surface area contributed by atoms with E-state index < -0.39 is 23.8 Å². The number of rotatable bonds is 2. The molecule has 0 spiro atoms. The molecule has 0 bridgehead atoms. The second kappa shape index (κ2) is 3.48. The Kier molecular flexibility index (Phi) is 2.78. The number of hydrogen-bond donors (Lipinski definition) is 1. The van der Waals surface area contributed by atoms with Gasteiger partial charge in [0.2, 0.25) is 6.29 Å². The summed E-state index contributed by atoms with van der Waals surface area (Å²) in [5, 5.41) is 8.66. The maximum atomic E-state index is 11.5. The van der Waals surface area contributed by atoms with Crippen molar-refractivity contribution in [2.24, 2.45) is 5.41 Å². The van der Waals surface area contributed by atoms with Gasteiger partial charge in [-0.1, -0.05) is 20.8 Å². The van der Waals surface area contributed by atoms with E-state index in [1.165, 1.54) is 6.92 Å². The van der Waals surface area contributed by atoms with E-state index in [9.17, 15) is 9.59 Å². The van der Waals surface area contributed by atoms with Gasteiger partial charge in [-0.15, -0.1) is 0 Å². The molecule has 0 aromatic rings. The van der Waals surface area contributed by atoms with Crippen LogP contribution in [-0.4, -0.2) is 28.9 Å². The van der Waals surface area contributed by atoms with Gasteiger partial charge in [0, 0.05) is 5.41 Å². The summed E-state index contributed by atoms with van der Waals surface area (Å²) in [6, 6.07) is 0. The number of esters is 1. The topological polar surface area (TPSA) is 72.8 Å². The summed E-state index contributed by atoms with van der Waals surface area (Å²) >= 11 is 0. The molecule has 1 rings (SSSR count). The molecule has 5 heteroatoms. The summed E-state index contributed by atoms with van der Waals surface area (Å²) in [5.41, 5.74) is -1.71. The highest BCUT2D eigenvalue weighted by Crippen LogP contribution is 2.36. The Balaban J connectivity index is 2.80. The second-order valence-electron chi connectivity index (χ2n) is 5.02. The Hall–Kier alpha value is -1.10. The minimum Gasteiger partial charge on any atom is -0.481 e. The summed E-state index contributed by atoms with van der Waals surface area (Å²) in [7, 11) is 0. The highest BCUT2D eigenvalue weighted by molar-refractivity contribution is 5.86. The smallest absolute Gasteiger partial charge is 0.341 e. The van der Waals surface area contributed by atoms with Crippen molar-refractivity contribution in [1.29, 1.82) is 0 Å². The van der Waals surface area contributed by atoms with E-state index in [1.54, 1.807) is 0 Å². The first-order chi connectivity index (χ1) is 6.65. The lowest BCUT2D eigenvalue weighted by molar-refractivity contribution is -0.158. The zero-order chi connectivity index (χ0) is 11.9. The first kappa shape index (κ1) is 12.0. The molecule has 1 fully saturated rings. The monoisotopic (exact) mass is 216 g/mol. The molecule has 86 valence electrons. The van der Waals surface area contributed by atoms with E-state index >= 15 is 0 Å². The zero-order valence-electron chi connectivity index (χ0n) is 9.36. The van der Waals surface area contributed by atoms with Crippen molar-refractivity contribution in [1.82, 2.24) is 0 Å². The predicted octanol–water partition coefficient (Wildman–Crippen LogP) is 1.17. The number of carboxylic acid groups (broad SMARTS) is 1. The number of carbonyl (C=O) groups excluding carboxylic acids is 1. The molecule has 0 saturated carbocycles. The van der Waals surface area contributed by atoms with E-state index in [1.807, 2.05) is 20.8 Å². The summed E-state index contributed by atoms with van der Waals surface area (Å²) < 4.78 is 10.4. The fraction of sp³-hybridized carbons (Fsp3) is 0.800. The Bertz CT molecular complexity index is 291. The maximum Gasteiger partial charge on any atom is 0.341 e. The molecule has 5 nitrogen and oxygen atoms in total. The third kappa shape index (κ3) is 2.47. The van der Waals surface area contributed by atoms with Crippen molar-refractivity contribution in [3.63, 3.8) is 0 Å². The molecule has 0 aromatic heterocycles. The standard InChI is InChI=1S/C10H16O5/c1-9(2,3)8-14-7(13)10(4,15-8)5-6(11)12/h8H,5H2,1-4H3,(H,11,12). The average Bonchev–Trinajstić information content (AvgIpc) is 2.25. The van der Waals surface area contributed by atoms with Crippen LogP contribution in [-0.2, 0) is 19.1 Å². The number of ether oxygens (including phenoxy) is 2. The highest BCUT2D eigenvalue weighted by Gasteiger charge is 2.51. The Morgan fingerprint density at radius 2 is 2.07 bits per heavy atom. The SMILES string of the molecule is CC1(CC(=O)O)OC(C(C)(C)C)OC1=O. The van der Waals surface area contributed by atoms with Crippen LogP contribution in [0.1, 0.15) is 34.1 Å². The van der Waals surface area contributed by atoms with Crippen molar-refractivity contribution in [3.8, 4) is 0 Å². The lowest BCUT2D eigenvalue weighted by atomic mass is 9.96. The molecular weight excluding hydrogens is 200 g/mol. The van der Waals surface area contributed by atoms with Crippen molar-refractivity contribution in [2.75, 3.05) is 0 Å². The highest BCUT2D eigenvalue weighted by atomic mass is 16.8. The van der Waals surface area contributed by atoms with Gasteiger partial charge in [-0.25, -0.2) is 4.79 Å². The van der Waals surface area contributed by atoms with Gasteiger partial charge in [-0.2, -0.15) is 0 Å². The van der Waals surface area contributed by atoms with E-state index in [0.29, 0.717) is 0 Å². The van der Waals surface area contributed by atoms with Crippen molar-refractivity contribution in [2.45, 2.75) is 46.0 Å². The van der Waals surface area contributed by atoms with E-state index in [4.69, 9.17) is 14.6 Å². The van der Waals surface area contributed by atoms with Crippen LogP contribution >= 0.6 is 0 Å². The van der Waals surface area contributed by atoms with Gasteiger partial charge < -0.3 is 14.6 Å². The van der Waals surface area contributed by atoms with Gasteiger partial charge in [-0.05, 0) is 6.92 Å². The van der Waals surface area contributed by atoms with Crippen LogP contribution in [0.25, 0.3) is 0 Å². The minimum atomic E-state index is -1.36. The molecule has 2 unspecified atom stereocenters. The number of aliphatic carboxylic acids is 1. The first-order valence-electron chi connectivity index (χ1n) is 4.76. The fourth-order valence-corrected chi connectivity index (χ4v) is 1.29. The van der Waals surface area contributed by atoms with Crippen LogP contribution in [0.15, 0.2) is 0 Å². The lowest BCUT2D eigenvalue weighted by Gasteiger charge is -2.25. The molecular formula is C10H16O5. The number of carboxylic acids is 1. The minimum absolute atomic E-state index is 0.355. The molecule has 0 aliphatic carbocycles. The first-order valence-corrected chi connectivity index (χ1v) is 4.76. The van der Waals surface area contributed by atoms with Gasteiger partial charge >= 0.3 is 11.9 Å². The van der Waals surface area contributed by atoms with Crippen LogP contribution in [0.2, 0.25) is 0 Å². The fourth-order valence-electron chi connectivity index (χ4n) is 1.29. The zero-order valence-corrected chi connectivity index (χ0v) is 9.36. The predicted molar refractivity (Wildman–Crippen MR) is 51.1 cm³/mol. The molecule has 15 heavy (non-hydrogen) atoms.